The standard InChI is InChI=1S/C13H18ClNO2S/c1-10-7-8-13(12(14)9-10)18(16,17)15-11-5-3-2-4-6-11/h7-9,11,15H,2-6H2,1H3. The minimum Gasteiger partial charge on any atom is -0.208 e. The maximum absolute atomic E-state index is 12.2. The number of rotatable bonds is 3. The molecule has 0 unspecified atom stereocenters. The van der Waals surface area contributed by atoms with Gasteiger partial charge in [-0.1, -0.05) is 36.9 Å². The van der Waals surface area contributed by atoms with Gasteiger partial charge in [-0.2, -0.15) is 0 Å². The maximum Gasteiger partial charge on any atom is 0.242 e. The molecule has 1 N–H and O–H groups in total. The molecule has 18 heavy (non-hydrogen) atoms. The van der Waals surface area contributed by atoms with Gasteiger partial charge in [0.25, 0.3) is 0 Å². The second-order valence-corrected chi connectivity index (χ2v) is 6.98. The van der Waals surface area contributed by atoms with Gasteiger partial charge in [0.1, 0.15) is 4.90 Å². The quantitative estimate of drug-likeness (QED) is 0.927. The average Bonchev–Trinajstić information content (AvgIpc) is 2.29. The Kier molecular flexibility index (Phi) is 4.30. The third-order valence-electron chi connectivity index (χ3n) is 3.30. The van der Waals surface area contributed by atoms with Crippen LogP contribution in [0.5, 0.6) is 0 Å². The molecule has 0 aromatic heterocycles. The van der Waals surface area contributed by atoms with Crippen molar-refractivity contribution in [3.05, 3.63) is 28.8 Å². The zero-order valence-electron chi connectivity index (χ0n) is 10.4. The molecule has 2 rings (SSSR count). The monoisotopic (exact) mass is 287 g/mol. The lowest BCUT2D eigenvalue weighted by Gasteiger charge is -2.22. The summed E-state index contributed by atoms with van der Waals surface area (Å²) in [5.74, 6) is 0. The van der Waals surface area contributed by atoms with Crippen LogP contribution >= 0.6 is 11.6 Å². The van der Waals surface area contributed by atoms with E-state index in [2.05, 4.69) is 4.72 Å². The zero-order chi connectivity index (χ0) is 13.2. The first kappa shape index (κ1) is 13.8. The van der Waals surface area contributed by atoms with E-state index in [4.69, 9.17) is 11.6 Å². The van der Waals surface area contributed by atoms with Crippen molar-refractivity contribution in [2.75, 3.05) is 0 Å². The first-order valence-electron chi connectivity index (χ1n) is 6.27. The van der Waals surface area contributed by atoms with Crippen molar-refractivity contribution in [2.45, 2.75) is 50.0 Å². The van der Waals surface area contributed by atoms with Gasteiger partial charge in [0.05, 0.1) is 5.02 Å². The van der Waals surface area contributed by atoms with Crippen LogP contribution in [-0.2, 0) is 10.0 Å². The molecule has 0 heterocycles. The number of hydrogen-bond donors (Lipinski definition) is 1. The van der Waals surface area contributed by atoms with E-state index in [1.54, 1.807) is 18.2 Å². The molecule has 1 saturated carbocycles. The Bertz CT molecular complexity index is 522. The lowest BCUT2D eigenvalue weighted by Crippen LogP contribution is -2.36. The van der Waals surface area contributed by atoms with Crippen molar-refractivity contribution in [2.24, 2.45) is 0 Å². The van der Waals surface area contributed by atoms with Gasteiger partial charge in [-0.05, 0) is 37.5 Å². The smallest absolute Gasteiger partial charge is 0.208 e. The van der Waals surface area contributed by atoms with E-state index >= 15 is 0 Å². The van der Waals surface area contributed by atoms with Crippen LogP contribution < -0.4 is 4.72 Å². The molecule has 0 aliphatic heterocycles. The molecule has 100 valence electrons. The fourth-order valence-electron chi connectivity index (χ4n) is 2.33. The molecule has 0 amide bonds. The highest BCUT2D eigenvalue weighted by Gasteiger charge is 2.23. The molecule has 1 aromatic carbocycles. The minimum atomic E-state index is -3.49. The lowest BCUT2D eigenvalue weighted by atomic mass is 9.96. The van der Waals surface area contributed by atoms with Crippen LogP contribution in [0.4, 0.5) is 0 Å². The van der Waals surface area contributed by atoms with Crippen LogP contribution in [0.1, 0.15) is 37.7 Å². The van der Waals surface area contributed by atoms with Crippen molar-refractivity contribution in [1.29, 1.82) is 0 Å². The van der Waals surface area contributed by atoms with E-state index in [1.807, 2.05) is 6.92 Å². The van der Waals surface area contributed by atoms with Gasteiger partial charge in [0, 0.05) is 6.04 Å². The van der Waals surface area contributed by atoms with Gasteiger partial charge in [-0.3, -0.25) is 0 Å². The minimum absolute atomic E-state index is 0.0566. The summed E-state index contributed by atoms with van der Waals surface area (Å²) in [5, 5.41) is 0.290. The molecule has 0 atom stereocenters. The topological polar surface area (TPSA) is 46.2 Å². The molecule has 0 radical (unpaired) electrons. The molecular weight excluding hydrogens is 270 g/mol. The zero-order valence-corrected chi connectivity index (χ0v) is 12.0. The fraction of sp³-hybridized carbons (Fsp3) is 0.538. The van der Waals surface area contributed by atoms with Crippen LogP contribution in [0.25, 0.3) is 0 Å². The van der Waals surface area contributed by atoms with E-state index in [-0.39, 0.29) is 10.9 Å². The van der Waals surface area contributed by atoms with E-state index in [9.17, 15) is 8.42 Å². The van der Waals surface area contributed by atoms with Gasteiger partial charge in [0.2, 0.25) is 10.0 Å². The highest BCUT2D eigenvalue weighted by molar-refractivity contribution is 7.89. The summed E-state index contributed by atoms with van der Waals surface area (Å²) in [7, 11) is -3.49. The molecule has 0 spiro atoms. The predicted molar refractivity (Wildman–Crippen MR) is 73.4 cm³/mol. The predicted octanol–water partition coefficient (Wildman–Crippen LogP) is 3.26. The number of hydrogen-bond acceptors (Lipinski definition) is 2. The third kappa shape index (κ3) is 3.25. The highest BCUT2D eigenvalue weighted by Crippen LogP contribution is 2.24. The van der Waals surface area contributed by atoms with Crippen molar-refractivity contribution in [1.82, 2.24) is 4.72 Å². The van der Waals surface area contributed by atoms with Crippen molar-refractivity contribution >= 4 is 21.6 Å². The second kappa shape index (κ2) is 5.59. The van der Waals surface area contributed by atoms with Crippen LogP contribution in [0.2, 0.25) is 5.02 Å². The van der Waals surface area contributed by atoms with Gasteiger partial charge in [0.15, 0.2) is 0 Å². The largest absolute Gasteiger partial charge is 0.242 e. The Morgan fingerprint density at radius 2 is 1.89 bits per heavy atom. The molecular formula is C13H18ClNO2S. The van der Waals surface area contributed by atoms with Crippen LogP contribution in [0.15, 0.2) is 23.1 Å². The van der Waals surface area contributed by atoms with E-state index in [0.717, 1.165) is 31.2 Å². The highest BCUT2D eigenvalue weighted by atomic mass is 35.5. The normalized spacial score (nSPS) is 17.9. The number of benzene rings is 1. The summed E-state index contributed by atoms with van der Waals surface area (Å²) < 4.78 is 27.2. The van der Waals surface area contributed by atoms with Crippen LogP contribution in [0, 0.1) is 6.92 Å². The molecule has 1 fully saturated rings. The molecule has 1 aromatic rings. The van der Waals surface area contributed by atoms with Crippen LogP contribution in [0.3, 0.4) is 0 Å². The molecule has 1 aliphatic carbocycles. The van der Waals surface area contributed by atoms with Crippen molar-refractivity contribution in [3.63, 3.8) is 0 Å². The van der Waals surface area contributed by atoms with Crippen molar-refractivity contribution in [3.8, 4) is 0 Å². The van der Waals surface area contributed by atoms with Crippen molar-refractivity contribution < 1.29 is 8.42 Å². The summed E-state index contributed by atoms with van der Waals surface area (Å²) >= 11 is 6.01. The molecule has 5 heteroatoms. The molecule has 0 saturated heterocycles. The Hall–Kier alpha value is -0.580. The van der Waals surface area contributed by atoms with Gasteiger partial charge in [-0.25, -0.2) is 13.1 Å². The van der Waals surface area contributed by atoms with E-state index in [0.29, 0.717) is 5.02 Å². The lowest BCUT2D eigenvalue weighted by molar-refractivity contribution is 0.412. The third-order valence-corrected chi connectivity index (χ3v) is 5.31. The summed E-state index contributed by atoms with van der Waals surface area (Å²) in [6.07, 6.45) is 5.22. The van der Waals surface area contributed by atoms with E-state index < -0.39 is 10.0 Å². The van der Waals surface area contributed by atoms with Gasteiger partial charge < -0.3 is 0 Å². The Labute approximate surface area is 114 Å². The van der Waals surface area contributed by atoms with Gasteiger partial charge in [-0.15, -0.1) is 0 Å². The summed E-state index contributed by atoms with van der Waals surface area (Å²) in [6, 6.07) is 5.07. The summed E-state index contributed by atoms with van der Waals surface area (Å²) in [6.45, 7) is 1.89. The van der Waals surface area contributed by atoms with Crippen LogP contribution in [-0.4, -0.2) is 14.5 Å². The first-order valence-corrected chi connectivity index (χ1v) is 8.13. The summed E-state index contributed by atoms with van der Waals surface area (Å²) in [5.41, 5.74) is 0.955. The molecule has 1 aliphatic rings. The van der Waals surface area contributed by atoms with Gasteiger partial charge >= 0.3 is 0 Å². The number of aryl methyl sites for hydroxylation is 1. The first-order chi connectivity index (χ1) is 8.49. The molecule has 0 bridgehead atoms. The Morgan fingerprint density at radius 1 is 1.22 bits per heavy atom. The Morgan fingerprint density at radius 3 is 2.50 bits per heavy atom. The fourth-order valence-corrected chi connectivity index (χ4v) is 4.23. The number of halogens is 1. The average molecular weight is 288 g/mol. The SMILES string of the molecule is Cc1ccc(S(=O)(=O)NC2CCCCC2)c(Cl)c1. The summed E-state index contributed by atoms with van der Waals surface area (Å²) in [4.78, 5) is 0.181. The maximum atomic E-state index is 12.2. The molecule has 3 nitrogen and oxygen atoms in total. The number of sulfonamides is 1. The number of nitrogens with one attached hydrogen (secondary N) is 1. The Balaban J connectivity index is 2.19. The van der Waals surface area contributed by atoms with E-state index in [1.165, 1.54) is 6.42 Å². The second-order valence-electron chi connectivity index (χ2n) is 4.89.